The van der Waals surface area contributed by atoms with Gasteiger partial charge in [0.2, 0.25) is 5.91 Å². The molecule has 0 aromatic heterocycles. The Labute approximate surface area is 121 Å². The molecule has 0 radical (unpaired) electrons. The summed E-state index contributed by atoms with van der Waals surface area (Å²) in [5.74, 6) is -0.321. The molecule has 1 aromatic carbocycles. The summed E-state index contributed by atoms with van der Waals surface area (Å²) in [5.41, 5.74) is 6.66. The number of rotatable bonds is 6. The molecule has 0 fully saturated rings. The van der Waals surface area contributed by atoms with E-state index in [2.05, 4.69) is 26.1 Å². The van der Waals surface area contributed by atoms with Crippen molar-refractivity contribution < 1.29 is 9.90 Å². The summed E-state index contributed by atoms with van der Waals surface area (Å²) in [4.78, 5) is 12.3. The number of aliphatic hydroxyl groups is 1. The molecule has 0 spiro atoms. The molecule has 4 N–H and O–H groups in total. The first-order valence-corrected chi connectivity index (χ1v) is 7.03. The van der Waals surface area contributed by atoms with Gasteiger partial charge in [-0.05, 0) is 17.4 Å². The molecular weight excluding hydrogens is 252 g/mol. The average Bonchev–Trinajstić information content (AvgIpc) is 2.41. The van der Waals surface area contributed by atoms with Crippen molar-refractivity contribution in [3.8, 4) is 0 Å². The molecule has 0 bridgehead atoms. The van der Waals surface area contributed by atoms with Crippen LogP contribution in [0.3, 0.4) is 0 Å². The van der Waals surface area contributed by atoms with E-state index in [1.807, 2.05) is 30.3 Å². The third-order valence-electron chi connectivity index (χ3n) is 3.22. The second-order valence-corrected chi connectivity index (χ2v) is 6.35. The number of carbonyl (C=O) groups excluding carboxylic acids is 1. The Balaban J connectivity index is 2.71. The number of nitrogens with two attached hydrogens (primary N) is 1. The predicted molar refractivity (Wildman–Crippen MR) is 81.0 cm³/mol. The van der Waals surface area contributed by atoms with E-state index in [-0.39, 0.29) is 29.9 Å². The van der Waals surface area contributed by atoms with Gasteiger partial charge in [0, 0.05) is 6.54 Å². The molecule has 20 heavy (non-hydrogen) atoms. The molecule has 112 valence electrons. The fourth-order valence-corrected chi connectivity index (χ4v) is 2.23. The minimum absolute atomic E-state index is 0.0445. The third kappa shape index (κ3) is 5.31. The van der Waals surface area contributed by atoms with Crippen molar-refractivity contribution in [1.29, 1.82) is 0 Å². The summed E-state index contributed by atoms with van der Waals surface area (Å²) in [7, 11) is 0. The maximum atomic E-state index is 12.3. The molecule has 1 rings (SSSR count). The predicted octanol–water partition coefficient (Wildman–Crippen LogP) is 1.85. The van der Waals surface area contributed by atoms with Crippen LogP contribution in [0.1, 0.15) is 38.8 Å². The lowest BCUT2D eigenvalue weighted by Crippen LogP contribution is -2.40. The number of hydrogen-bond acceptors (Lipinski definition) is 3. The first kappa shape index (κ1) is 16.7. The highest BCUT2D eigenvalue weighted by molar-refractivity contribution is 5.79. The van der Waals surface area contributed by atoms with Gasteiger partial charge in [-0.1, -0.05) is 51.1 Å². The normalized spacial score (nSPS) is 14.7. The van der Waals surface area contributed by atoms with Gasteiger partial charge in [-0.15, -0.1) is 0 Å². The van der Waals surface area contributed by atoms with E-state index in [0.29, 0.717) is 6.54 Å². The fourth-order valence-electron chi connectivity index (χ4n) is 2.23. The Bertz CT molecular complexity index is 412. The van der Waals surface area contributed by atoms with Gasteiger partial charge in [0.1, 0.15) is 0 Å². The Kier molecular flexibility index (Phi) is 6.17. The van der Waals surface area contributed by atoms with Gasteiger partial charge in [-0.3, -0.25) is 4.79 Å². The molecule has 0 aliphatic rings. The summed E-state index contributed by atoms with van der Waals surface area (Å²) in [6.07, 6.45) is 0.724. The summed E-state index contributed by atoms with van der Waals surface area (Å²) in [5, 5.41) is 12.4. The highest BCUT2D eigenvalue weighted by atomic mass is 16.3. The van der Waals surface area contributed by atoms with E-state index in [0.717, 1.165) is 12.0 Å². The van der Waals surface area contributed by atoms with Crippen molar-refractivity contribution >= 4 is 5.91 Å². The van der Waals surface area contributed by atoms with Crippen molar-refractivity contribution in [1.82, 2.24) is 5.32 Å². The van der Waals surface area contributed by atoms with Gasteiger partial charge >= 0.3 is 0 Å². The third-order valence-corrected chi connectivity index (χ3v) is 3.22. The topological polar surface area (TPSA) is 75.4 Å². The second kappa shape index (κ2) is 7.41. The monoisotopic (exact) mass is 278 g/mol. The molecule has 0 aliphatic carbocycles. The van der Waals surface area contributed by atoms with Crippen LogP contribution in [0.15, 0.2) is 30.3 Å². The van der Waals surface area contributed by atoms with Crippen LogP contribution >= 0.6 is 0 Å². The van der Waals surface area contributed by atoms with Crippen molar-refractivity contribution in [3.63, 3.8) is 0 Å². The number of hydrogen-bond donors (Lipinski definition) is 3. The number of amides is 1. The van der Waals surface area contributed by atoms with Crippen LogP contribution in [0.2, 0.25) is 0 Å². The molecule has 2 atom stereocenters. The zero-order chi connectivity index (χ0) is 15.2. The SMILES string of the molecule is CC(C)(C)CC(CN)C(=O)N[C@H](CO)c1ccccc1. The van der Waals surface area contributed by atoms with Gasteiger partial charge in [0.25, 0.3) is 0 Å². The van der Waals surface area contributed by atoms with E-state index >= 15 is 0 Å². The largest absolute Gasteiger partial charge is 0.394 e. The Morgan fingerprint density at radius 2 is 1.90 bits per heavy atom. The fraction of sp³-hybridized carbons (Fsp3) is 0.562. The van der Waals surface area contributed by atoms with Crippen LogP contribution in [0.5, 0.6) is 0 Å². The standard InChI is InChI=1S/C16H26N2O2/c1-16(2,3)9-13(10-17)15(20)18-14(11-19)12-7-5-4-6-8-12/h4-8,13-14,19H,9-11,17H2,1-3H3,(H,18,20)/t13?,14-/m1/s1. The minimum Gasteiger partial charge on any atom is -0.394 e. The zero-order valence-corrected chi connectivity index (χ0v) is 12.6. The molecule has 4 nitrogen and oxygen atoms in total. The van der Waals surface area contributed by atoms with E-state index < -0.39 is 0 Å². The van der Waals surface area contributed by atoms with Crippen LogP contribution < -0.4 is 11.1 Å². The summed E-state index contributed by atoms with van der Waals surface area (Å²) < 4.78 is 0. The van der Waals surface area contributed by atoms with Crippen molar-refractivity contribution in [2.45, 2.75) is 33.2 Å². The number of aliphatic hydroxyl groups excluding tert-OH is 1. The second-order valence-electron chi connectivity index (χ2n) is 6.35. The minimum atomic E-state index is -0.377. The van der Waals surface area contributed by atoms with Crippen LogP contribution in [0, 0.1) is 11.3 Å². The van der Waals surface area contributed by atoms with Gasteiger partial charge in [0.05, 0.1) is 18.6 Å². The lowest BCUT2D eigenvalue weighted by atomic mass is 9.84. The van der Waals surface area contributed by atoms with Gasteiger partial charge in [-0.25, -0.2) is 0 Å². The first-order valence-electron chi connectivity index (χ1n) is 7.03. The Morgan fingerprint density at radius 1 is 1.30 bits per heavy atom. The molecule has 1 aromatic rings. The van der Waals surface area contributed by atoms with Crippen molar-refractivity contribution in [3.05, 3.63) is 35.9 Å². The van der Waals surface area contributed by atoms with Crippen LogP contribution in [-0.2, 0) is 4.79 Å². The summed E-state index contributed by atoms with van der Waals surface area (Å²) in [6.45, 7) is 6.45. The number of carbonyl (C=O) groups is 1. The maximum Gasteiger partial charge on any atom is 0.224 e. The maximum absolute atomic E-state index is 12.3. The van der Waals surface area contributed by atoms with Crippen LogP contribution in [0.4, 0.5) is 0 Å². The average molecular weight is 278 g/mol. The summed E-state index contributed by atoms with van der Waals surface area (Å²) in [6, 6.07) is 9.09. The lowest BCUT2D eigenvalue weighted by molar-refractivity contribution is -0.126. The number of nitrogens with one attached hydrogen (secondary N) is 1. The van der Waals surface area contributed by atoms with Gasteiger partial charge < -0.3 is 16.2 Å². The molecular formula is C16H26N2O2. The Hall–Kier alpha value is -1.39. The number of benzene rings is 1. The van der Waals surface area contributed by atoms with Crippen molar-refractivity contribution in [2.24, 2.45) is 17.1 Å². The van der Waals surface area contributed by atoms with E-state index in [1.54, 1.807) is 0 Å². The molecule has 0 saturated heterocycles. The van der Waals surface area contributed by atoms with E-state index in [4.69, 9.17) is 5.73 Å². The van der Waals surface area contributed by atoms with Crippen LogP contribution in [-0.4, -0.2) is 24.2 Å². The zero-order valence-electron chi connectivity index (χ0n) is 12.6. The van der Waals surface area contributed by atoms with Gasteiger partial charge in [-0.2, -0.15) is 0 Å². The Morgan fingerprint density at radius 3 is 2.35 bits per heavy atom. The highest BCUT2D eigenvalue weighted by Crippen LogP contribution is 2.24. The first-order chi connectivity index (χ1) is 9.37. The van der Waals surface area contributed by atoms with E-state index in [1.165, 1.54) is 0 Å². The highest BCUT2D eigenvalue weighted by Gasteiger charge is 2.25. The molecule has 0 saturated carbocycles. The summed E-state index contributed by atoms with van der Waals surface area (Å²) >= 11 is 0. The molecule has 1 amide bonds. The van der Waals surface area contributed by atoms with Crippen molar-refractivity contribution in [2.75, 3.05) is 13.2 Å². The molecule has 0 aliphatic heterocycles. The van der Waals surface area contributed by atoms with Crippen LogP contribution in [0.25, 0.3) is 0 Å². The molecule has 1 unspecified atom stereocenters. The van der Waals surface area contributed by atoms with Gasteiger partial charge in [0.15, 0.2) is 0 Å². The molecule has 0 heterocycles. The molecule has 4 heteroatoms. The lowest BCUT2D eigenvalue weighted by Gasteiger charge is -2.26. The quantitative estimate of drug-likeness (QED) is 0.743. The smallest absolute Gasteiger partial charge is 0.224 e. The van der Waals surface area contributed by atoms with E-state index in [9.17, 15) is 9.90 Å².